The summed E-state index contributed by atoms with van der Waals surface area (Å²) in [6, 6.07) is 17.0. The Labute approximate surface area is 133 Å². The molecular weight excluding hydrogens is 324 g/mol. The van der Waals surface area contributed by atoms with Crippen molar-refractivity contribution in [3.05, 3.63) is 75.9 Å². The molecule has 0 aliphatic rings. The molecule has 2 aromatic carbocycles. The van der Waals surface area contributed by atoms with E-state index in [1.807, 2.05) is 19.3 Å². The van der Waals surface area contributed by atoms with Crippen LogP contribution in [0.25, 0.3) is 10.9 Å². The number of para-hydroxylation sites is 1. The molecule has 1 N–H and O–H groups in total. The zero-order valence-corrected chi connectivity index (χ0v) is 13.7. The number of rotatable bonds is 3. The highest BCUT2D eigenvalue weighted by Gasteiger charge is 2.17. The van der Waals surface area contributed by atoms with Gasteiger partial charge in [0.15, 0.2) is 0 Å². The van der Waals surface area contributed by atoms with E-state index in [0.717, 1.165) is 9.99 Å². The summed E-state index contributed by atoms with van der Waals surface area (Å²) in [4.78, 5) is 4.58. The highest BCUT2D eigenvalue weighted by atomic mass is 79.9. The number of benzene rings is 2. The number of fused-ring (bicyclic) bond motifs is 1. The minimum atomic E-state index is 0.126. The van der Waals surface area contributed by atoms with Crippen LogP contribution in [0.3, 0.4) is 0 Å². The van der Waals surface area contributed by atoms with E-state index in [9.17, 15) is 0 Å². The third kappa shape index (κ3) is 2.71. The Bertz CT molecular complexity index is 778. The van der Waals surface area contributed by atoms with E-state index in [4.69, 9.17) is 0 Å². The minimum Gasteiger partial charge on any atom is -0.309 e. The average molecular weight is 341 g/mol. The molecule has 106 valence electrons. The van der Waals surface area contributed by atoms with E-state index in [1.165, 1.54) is 22.1 Å². The highest BCUT2D eigenvalue weighted by molar-refractivity contribution is 9.10. The van der Waals surface area contributed by atoms with Gasteiger partial charge < -0.3 is 5.32 Å². The quantitative estimate of drug-likeness (QED) is 0.752. The van der Waals surface area contributed by atoms with Crippen LogP contribution < -0.4 is 5.32 Å². The fraction of sp³-hybridized carbons (Fsp3) is 0.167. The molecule has 0 aliphatic heterocycles. The standard InChI is InChI=1S/C18H17BrN2/c1-12-8-9-14(19)11-16(12)18(20-2)15-7-3-5-13-6-4-10-21-17(13)15/h3-11,18,20H,1-2H3. The summed E-state index contributed by atoms with van der Waals surface area (Å²) in [7, 11) is 1.99. The lowest BCUT2D eigenvalue weighted by Gasteiger charge is -2.21. The second-order valence-corrected chi connectivity index (χ2v) is 6.06. The van der Waals surface area contributed by atoms with Crippen molar-refractivity contribution in [3.63, 3.8) is 0 Å². The molecule has 0 aliphatic carbocycles. The lowest BCUT2D eigenvalue weighted by molar-refractivity contribution is 0.691. The number of hydrogen-bond acceptors (Lipinski definition) is 2. The van der Waals surface area contributed by atoms with Crippen molar-refractivity contribution in [2.75, 3.05) is 7.05 Å². The lowest BCUT2D eigenvalue weighted by atomic mass is 9.93. The number of aromatic nitrogens is 1. The molecule has 0 saturated carbocycles. The summed E-state index contributed by atoms with van der Waals surface area (Å²) in [5, 5.41) is 4.60. The predicted molar refractivity (Wildman–Crippen MR) is 91.5 cm³/mol. The molecule has 0 fully saturated rings. The number of hydrogen-bond donors (Lipinski definition) is 1. The second-order valence-electron chi connectivity index (χ2n) is 5.14. The molecule has 0 amide bonds. The van der Waals surface area contributed by atoms with Gasteiger partial charge in [0, 0.05) is 16.1 Å². The number of aryl methyl sites for hydroxylation is 1. The minimum absolute atomic E-state index is 0.126. The fourth-order valence-electron chi connectivity index (χ4n) is 2.76. The zero-order chi connectivity index (χ0) is 14.8. The number of nitrogens with one attached hydrogen (secondary N) is 1. The smallest absolute Gasteiger partial charge is 0.0753 e. The van der Waals surface area contributed by atoms with Crippen molar-refractivity contribution in [1.29, 1.82) is 0 Å². The van der Waals surface area contributed by atoms with Crippen molar-refractivity contribution >= 4 is 26.8 Å². The lowest BCUT2D eigenvalue weighted by Crippen LogP contribution is -2.19. The third-order valence-electron chi connectivity index (χ3n) is 3.82. The van der Waals surface area contributed by atoms with Crippen molar-refractivity contribution < 1.29 is 0 Å². The van der Waals surface area contributed by atoms with Gasteiger partial charge in [-0.25, -0.2) is 0 Å². The maximum atomic E-state index is 4.58. The largest absolute Gasteiger partial charge is 0.309 e. The van der Waals surface area contributed by atoms with E-state index in [-0.39, 0.29) is 6.04 Å². The molecule has 3 rings (SSSR count). The fourth-order valence-corrected chi connectivity index (χ4v) is 3.14. The molecule has 1 atom stereocenters. The van der Waals surface area contributed by atoms with E-state index < -0.39 is 0 Å². The molecule has 1 heterocycles. The topological polar surface area (TPSA) is 24.9 Å². The number of halogens is 1. The Morgan fingerprint density at radius 3 is 2.67 bits per heavy atom. The van der Waals surface area contributed by atoms with Gasteiger partial charge in [-0.3, -0.25) is 4.98 Å². The Balaban J connectivity index is 2.21. The first-order chi connectivity index (χ1) is 10.2. The summed E-state index contributed by atoms with van der Waals surface area (Å²) < 4.78 is 1.09. The van der Waals surface area contributed by atoms with Gasteiger partial charge in [-0.05, 0) is 48.9 Å². The van der Waals surface area contributed by atoms with E-state index in [1.54, 1.807) is 0 Å². The molecule has 0 bridgehead atoms. The van der Waals surface area contributed by atoms with Crippen LogP contribution in [0.1, 0.15) is 22.7 Å². The molecule has 1 aromatic heterocycles. The molecule has 0 spiro atoms. The number of nitrogens with zero attached hydrogens (tertiary/aromatic N) is 1. The van der Waals surface area contributed by atoms with Gasteiger partial charge in [0.1, 0.15) is 0 Å². The van der Waals surface area contributed by atoms with E-state index in [0.29, 0.717) is 0 Å². The molecular formula is C18H17BrN2. The van der Waals surface area contributed by atoms with E-state index in [2.05, 4.69) is 75.6 Å². The van der Waals surface area contributed by atoms with Crippen molar-refractivity contribution in [3.8, 4) is 0 Å². The number of pyridine rings is 1. The van der Waals surface area contributed by atoms with Gasteiger partial charge in [-0.1, -0.05) is 46.3 Å². The van der Waals surface area contributed by atoms with Gasteiger partial charge in [0.25, 0.3) is 0 Å². The van der Waals surface area contributed by atoms with Crippen molar-refractivity contribution in [1.82, 2.24) is 10.3 Å². The summed E-state index contributed by atoms with van der Waals surface area (Å²) in [5.74, 6) is 0. The Morgan fingerprint density at radius 2 is 1.86 bits per heavy atom. The van der Waals surface area contributed by atoms with Gasteiger partial charge in [-0.15, -0.1) is 0 Å². The van der Waals surface area contributed by atoms with Crippen molar-refractivity contribution in [2.24, 2.45) is 0 Å². The van der Waals surface area contributed by atoms with Crippen LogP contribution in [-0.4, -0.2) is 12.0 Å². The zero-order valence-electron chi connectivity index (χ0n) is 12.1. The molecule has 21 heavy (non-hydrogen) atoms. The molecule has 0 radical (unpaired) electrons. The van der Waals surface area contributed by atoms with Crippen LogP contribution >= 0.6 is 15.9 Å². The Kier molecular flexibility index (Phi) is 4.04. The maximum Gasteiger partial charge on any atom is 0.0753 e. The first kappa shape index (κ1) is 14.2. The van der Waals surface area contributed by atoms with Crippen LogP contribution in [-0.2, 0) is 0 Å². The first-order valence-electron chi connectivity index (χ1n) is 6.97. The van der Waals surface area contributed by atoms with Crippen LogP contribution in [0, 0.1) is 6.92 Å². The monoisotopic (exact) mass is 340 g/mol. The summed E-state index contributed by atoms with van der Waals surface area (Å²) in [5.41, 5.74) is 4.80. The van der Waals surface area contributed by atoms with Crippen molar-refractivity contribution in [2.45, 2.75) is 13.0 Å². The second kappa shape index (κ2) is 5.96. The Hall–Kier alpha value is -1.71. The summed E-state index contributed by atoms with van der Waals surface area (Å²) >= 11 is 3.57. The highest BCUT2D eigenvalue weighted by Crippen LogP contribution is 2.30. The maximum absolute atomic E-state index is 4.58. The first-order valence-corrected chi connectivity index (χ1v) is 7.77. The molecule has 2 nitrogen and oxygen atoms in total. The van der Waals surface area contributed by atoms with Gasteiger partial charge in [0.05, 0.1) is 11.6 Å². The normalized spacial score (nSPS) is 12.5. The third-order valence-corrected chi connectivity index (χ3v) is 4.31. The summed E-state index contributed by atoms with van der Waals surface area (Å²) in [6.07, 6.45) is 1.85. The molecule has 1 unspecified atom stereocenters. The Morgan fingerprint density at radius 1 is 1.05 bits per heavy atom. The molecule has 0 saturated heterocycles. The molecule has 3 aromatic rings. The molecule has 3 heteroatoms. The van der Waals surface area contributed by atoms with Gasteiger partial charge in [0.2, 0.25) is 0 Å². The SMILES string of the molecule is CNC(c1cc(Br)ccc1C)c1cccc2cccnc12. The van der Waals surface area contributed by atoms with E-state index >= 15 is 0 Å². The van der Waals surface area contributed by atoms with Gasteiger partial charge >= 0.3 is 0 Å². The van der Waals surface area contributed by atoms with Crippen LogP contribution in [0.5, 0.6) is 0 Å². The predicted octanol–water partition coefficient (Wildman–Crippen LogP) is 4.61. The van der Waals surface area contributed by atoms with Crippen LogP contribution in [0.2, 0.25) is 0 Å². The van der Waals surface area contributed by atoms with Crippen LogP contribution in [0.15, 0.2) is 59.2 Å². The van der Waals surface area contributed by atoms with Crippen LogP contribution in [0.4, 0.5) is 0 Å². The average Bonchev–Trinajstić information content (AvgIpc) is 2.51. The summed E-state index contributed by atoms with van der Waals surface area (Å²) in [6.45, 7) is 2.14. The van der Waals surface area contributed by atoms with Gasteiger partial charge in [-0.2, -0.15) is 0 Å².